The Kier molecular flexibility index (Phi) is 9.93. The summed E-state index contributed by atoms with van der Waals surface area (Å²) in [5.41, 5.74) is 1.03. The van der Waals surface area contributed by atoms with Crippen molar-refractivity contribution in [2.24, 2.45) is 20.9 Å². The van der Waals surface area contributed by atoms with Crippen LogP contribution in [-0.4, -0.2) is 51.6 Å². The Bertz CT molecular complexity index is 902. The lowest BCUT2D eigenvalue weighted by Crippen LogP contribution is -2.56. The van der Waals surface area contributed by atoms with Crippen LogP contribution in [0, 0.1) is 5.92 Å². The number of aliphatic imine (C=N–C) groups is 3. The molecule has 0 aromatic rings. The molecule has 9 heteroatoms. The van der Waals surface area contributed by atoms with Gasteiger partial charge in [0.05, 0.1) is 18.5 Å². The highest BCUT2D eigenvalue weighted by Crippen LogP contribution is 2.34. The molecule has 0 spiro atoms. The lowest BCUT2D eigenvalue weighted by molar-refractivity contribution is -0.123. The maximum absolute atomic E-state index is 13.4. The molecule has 0 radical (unpaired) electrons. The van der Waals surface area contributed by atoms with Crippen molar-refractivity contribution in [2.75, 3.05) is 12.3 Å². The van der Waals surface area contributed by atoms with Crippen molar-refractivity contribution in [3.05, 3.63) is 46.8 Å². The first kappa shape index (κ1) is 26.1. The van der Waals surface area contributed by atoms with Gasteiger partial charge in [-0.1, -0.05) is 37.3 Å². The van der Waals surface area contributed by atoms with E-state index >= 15 is 0 Å². The van der Waals surface area contributed by atoms with Crippen LogP contribution in [0.2, 0.25) is 0 Å². The highest BCUT2D eigenvalue weighted by atomic mass is 35.5. The number of allylic oxidation sites excluding steroid dienone is 3. The van der Waals surface area contributed by atoms with Gasteiger partial charge in [0.1, 0.15) is 16.6 Å². The van der Waals surface area contributed by atoms with E-state index in [0.29, 0.717) is 33.8 Å². The Morgan fingerprint density at radius 1 is 1.44 bits per heavy atom. The molecule has 32 heavy (non-hydrogen) atoms. The quantitative estimate of drug-likeness (QED) is 0.305. The Labute approximate surface area is 199 Å². The average molecular weight is 478 g/mol. The maximum Gasteiger partial charge on any atom is 0.295 e. The van der Waals surface area contributed by atoms with E-state index in [-0.39, 0.29) is 29.5 Å². The van der Waals surface area contributed by atoms with Crippen LogP contribution in [0.3, 0.4) is 0 Å². The van der Waals surface area contributed by atoms with E-state index in [1.54, 1.807) is 23.3 Å². The minimum atomic E-state index is -1.09. The van der Waals surface area contributed by atoms with Gasteiger partial charge in [-0.05, 0) is 63.7 Å². The number of amidine groups is 2. The molecule has 0 bridgehead atoms. The molecule has 1 aliphatic heterocycles. The van der Waals surface area contributed by atoms with Gasteiger partial charge in [0.25, 0.3) is 5.91 Å². The van der Waals surface area contributed by atoms with Crippen molar-refractivity contribution in [3.8, 4) is 0 Å². The fourth-order valence-electron chi connectivity index (χ4n) is 3.42. The topological polar surface area (TPSA) is 92.5 Å². The van der Waals surface area contributed by atoms with Crippen molar-refractivity contribution in [1.29, 1.82) is 0 Å². The van der Waals surface area contributed by atoms with Crippen molar-refractivity contribution in [3.63, 3.8) is 0 Å². The second kappa shape index (κ2) is 12.2. The zero-order valence-corrected chi connectivity index (χ0v) is 20.8. The Morgan fingerprint density at radius 2 is 2.12 bits per heavy atom. The van der Waals surface area contributed by atoms with Gasteiger partial charge in [0, 0.05) is 6.04 Å². The average Bonchev–Trinajstić information content (AvgIpc) is 2.71. The number of rotatable bonds is 9. The van der Waals surface area contributed by atoms with Crippen molar-refractivity contribution < 1.29 is 9.35 Å². The highest BCUT2D eigenvalue weighted by Gasteiger charge is 2.39. The molecule has 174 valence electrons. The van der Waals surface area contributed by atoms with Crippen LogP contribution in [0.5, 0.6) is 0 Å². The highest BCUT2D eigenvalue weighted by molar-refractivity contribution is 7.96. The van der Waals surface area contributed by atoms with Crippen molar-refractivity contribution in [1.82, 2.24) is 10.2 Å². The number of hydrogen-bond donors (Lipinski definition) is 1. The number of nitrogens with zero attached hydrogens (tertiary/aromatic N) is 4. The molecule has 2 aliphatic rings. The summed E-state index contributed by atoms with van der Waals surface area (Å²) >= 11 is 4.86. The molecule has 1 amide bonds. The van der Waals surface area contributed by atoms with E-state index < -0.39 is 11.2 Å². The van der Waals surface area contributed by atoms with Gasteiger partial charge in [-0.3, -0.25) is 14.7 Å². The van der Waals surface area contributed by atoms with Crippen molar-refractivity contribution in [2.45, 2.75) is 53.0 Å². The fraction of sp³-hybridized carbons (Fsp3) is 0.478. The van der Waals surface area contributed by atoms with Crippen LogP contribution >= 0.6 is 11.6 Å². The molecule has 1 fully saturated rings. The number of hydrogen-bond acceptors (Lipinski definition) is 6. The van der Waals surface area contributed by atoms with Crippen molar-refractivity contribution >= 4 is 46.6 Å². The minimum Gasteiger partial charge on any atom is -0.611 e. The molecule has 1 N–H and O–H groups in total. The van der Waals surface area contributed by atoms with Crippen LogP contribution in [0.25, 0.3) is 0 Å². The lowest BCUT2D eigenvalue weighted by atomic mass is 9.79. The molecule has 1 aliphatic carbocycles. The van der Waals surface area contributed by atoms with Gasteiger partial charge in [-0.15, -0.1) is 0 Å². The third-order valence-electron chi connectivity index (χ3n) is 5.49. The van der Waals surface area contributed by atoms with Crippen LogP contribution in [0.1, 0.15) is 47.0 Å². The largest absolute Gasteiger partial charge is 0.611 e. The molecule has 0 saturated heterocycles. The Hall–Kier alpha value is -2.16. The van der Waals surface area contributed by atoms with E-state index in [4.69, 9.17) is 11.6 Å². The first-order chi connectivity index (χ1) is 15.2. The molecule has 7 nitrogen and oxygen atoms in total. The molecule has 0 aromatic carbocycles. The first-order valence-corrected chi connectivity index (χ1v) is 12.5. The number of carbonyl (C=O) groups is 1. The molecule has 0 aromatic heterocycles. The summed E-state index contributed by atoms with van der Waals surface area (Å²) < 4.78 is 12.0. The summed E-state index contributed by atoms with van der Waals surface area (Å²) in [6.07, 6.45) is 8.41. The van der Waals surface area contributed by atoms with Gasteiger partial charge < -0.3 is 9.87 Å². The predicted octanol–water partition coefficient (Wildman–Crippen LogP) is 4.27. The number of carbonyl (C=O) groups excluding carboxylic acids is 1. The zero-order chi connectivity index (χ0) is 23.8. The fourth-order valence-corrected chi connectivity index (χ4v) is 4.26. The molecule has 2 rings (SSSR count). The Morgan fingerprint density at radius 3 is 2.62 bits per heavy atom. The van der Waals surface area contributed by atoms with Crippen LogP contribution < -0.4 is 5.32 Å². The zero-order valence-electron chi connectivity index (χ0n) is 19.2. The van der Waals surface area contributed by atoms with E-state index in [2.05, 4.69) is 33.5 Å². The second-order valence-corrected chi connectivity index (χ2v) is 9.73. The van der Waals surface area contributed by atoms with E-state index in [0.717, 1.165) is 19.3 Å². The third-order valence-corrected chi connectivity index (χ3v) is 6.97. The molecule has 1 saturated carbocycles. The third kappa shape index (κ3) is 6.43. The van der Waals surface area contributed by atoms with E-state index in [1.165, 1.54) is 0 Å². The smallest absolute Gasteiger partial charge is 0.295 e. The summed E-state index contributed by atoms with van der Waals surface area (Å²) in [7, 11) is 0. The summed E-state index contributed by atoms with van der Waals surface area (Å²) in [4.78, 5) is 28.7. The normalized spacial score (nSPS) is 22.2. The lowest BCUT2D eigenvalue weighted by Gasteiger charge is -2.41. The summed E-state index contributed by atoms with van der Waals surface area (Å²) in [5.74, 6) is 1.26. The molecule has 2 unspecified atom stereocenters. The maximum atomic E-state index is 13.4. The number of halogens is 1. The van der Waals surface area contributed by atoms with Gasteiger partial charge >= 0.3 is 0 Å². The van der Waals surface area contributed by atoms with Crippen LogP contribution in [0.15, 0.2) is 61.7 Å². The number of amides is 1. The monoisotopic (exact) mass is 477 g/mol. The van der Waals surface area contributed by atoms with Gasteiger partial charge in [0.2, 0.25) is 0 Å². The number of nitrogens with one attached hydrogen (secondary N) is 1. The minimum absolute atomic E-state index is 0.0456. The molecule has 2 atom stereocenters. The van der Waals surface area contributed by atoms with Crippen LogP contribution in [0.4, 0.5) is 0 Å². The van der Waals surface area contributed by atoms with E-state index in [1.807, 2.05) is 27.7 Å². The molecular weight excluding hydrogens is 446 g/mol. The summed E-state index contributed by atoms with van der Waals surface area (Å²) in [6, 6.07) is -0.0456. The van der Waals surface area contributed by atoms with E-state index in [9.17, 15) is 9.35 Å². The molecule has 1 heterocycles. The molecular formula is C23H32ClN5O2S. The second-order valence-electron chi connectivity index (χ2n) is 7.56. The first-order valence-electron chi connectivity index (χ1n) is 10.8. The van der Waals surface area contributed by atoms with Gasteiger partial charge in [-0.25, -0.2) is 9.98 Å². The SMILES string of the molecule is C=C(CNC1=NC(=C/C)/C(=N\C(=C)Cl)N(C(C)C2CCC2)C1=O)/N=C\C(=C/C)[S+]([O-])CC. The van der Waals surface area contributed by atoms with Gasteiger partial charge in [-0.2, -0.15) is 0 Å². The van der Waals surface area contributed by atoms with Crippen LogP contribution in [-0.2, 0) is 16.0 Å². The summed E-state index contributed by atoms with van der Waals surface area (Å²) in [6.45, 7) is 15.3. The summed E-state index contributed by atoms with van der Waals surface area (Å²) in [5, 5.41) is 3.15. The predicted molar refractivity (Wildman–Crippen MR) is 135 cm³/mol. The Balaban J connectivity index is 2.22. The van der Waals surface area contributed by atoms with Gasteiger partial charge in [0.15, 0.2) is 16.6 Å². The standard InChI is InChI=1S/C23H32ClN5O2S/c1-7-19(32(31)9-3)14-25-15(4)13-26-21-23(30)29(16(5)18-11-10-12-18)22(27-17(6)24)20(8-2)28-21/h7-8,14,16,18H,4,6,9-13H2,1-3,5H3,(H,26,28)/b19-7+,20-8+,25-14-,27-22+.